The minimum Gasteiger partial charge on any atom is -0.475 e. The van der Waals surface area contributed by atoms with Crippen molar-refractivity contribution in [2.24, 2.45) is 0 Å². The summed E-state index contributed by atoms with van der Waals surface area (Å²) in [7, 11) is 0. The van der Waals surface area contributed by atoms with Gasteiger partial charge in [0.05, 0.1) is 5.69 Å². The van der Waals surface area contributed by atoms with E-state index < -0.39 is 12.1 Å². The molecule has 4 rings (SSSR count). The van der Waals surface area contributed by atoms with E-state index in [9.17, 15) is 18.0 Å². The number of carboxylic acid groups (broad SMARTS) is 1. The number of amides is 1. The fourth-order valence-corrected chi connectivity index (χ4v) is 4.03. The van der Waals surface area contributed by atoms with Gasteiger partial charge >= 0.3 is 12.1 Å². The molecule has 1 amide bonds. The average Bonchev–Trinajstić information content (AvgIpc) is 3.39. The van der Waals surface area contributed by atoms with Crippen LogP contribution in [-0.2, 0) is 11.3 Å². The van der Waals surface area contributed by atoms with Crippen LogP contribution in [0.15, 0.2) is 28.8 Å². The Morgan fingerprint density at radius 3 is 2.45 bits per heavy atom. The Morgan fingerprint density at radius 1 is 1.19 bits per heavy atom. The van der Waals surface area contributed by atoms with E-state index in [0.29, 0.717) is 17.5 Å². The van der Waals surface area contributed by atoms with Crippen molar-refractivity contribution in [3.63, 3.8) is 0 Å². The van der Waals surface area contributed by atoms with Gasteiger partial charge in [0.25, 0.3) is 5.91 Å². The number of hydrogen-bond acceptors (Lipinski definition) is 6. The minimum atomic E-state index is -5.08. The Balaban J connectivity index is 0.000000339. The number of aliphatic carboxylic acids is 1. The monoisotopic (exact) mass is 440 g/mol. The smallest absolute Gasteiger partial charge is 0.475 e. The molecule has 4 heterocycles. The molecule has 0 unspecified atom stereocenters. The molecule has 2 saturated heterocycles. The van der Waals surface area contributed by atoms with Crippen LogP contribution in [0.4, 0.5) is 13.2 Å². The molecule has 11 heteroatoms. The van der Waals surface area contributed by atoms with Crippen LogP contribution in [0.25, 0.3) is 0 Å². The predicted octanol–water partition coefficient (Wildman–Crippen LogP) is 2.81. The van der Waals surface area contributed by atoms with Gasteiger partial charge < -0.3 is 14.5 Å². The topological polar surface area (TPSA) is 99.8 Å². The molecule has 0 saturated carbocycles. The van der Waals surface area contributed by atoms with Crippen LogP contribution >= 0.6 is 0 Å². The molecule has 8 nitrogen and oxygen atoms in total. The van der Waals surface area contributed by atoms with E-state index in [-0.39, 0.29) is 11.9 Å². The molecule has 2 aromatic heterocycles. The van der Waals surface area contributed by atoms with Crippen molar-refractivity contribution in [3.05, 3.63) is 47.1 Å². The zero-order chi connectivity index (χ0) is 22.8. The molecule has 0 spiro atoms. The maximum Gasteiger partial charge on any atom is 0.490 e. The van der Waals surface area contributed by atoms with Crippen molar-refractivity contribution in [2.75, 3.05) is 13.1 Å². The summed E-state index contributed by atoms with van der Waals surface area (Å²) < 4.78 is 36.8. The summed E-state index contributed by atoms with van der Waals surface area (Å²) in [5.41, 5.74) is 2.58. The fraction of sp³-hybridized carbons (Fsp3) is 0.500. The van der Waals surface area contributed by atoms with E-state index in [4.69, 9.17) is 14.4 Å². The van der Waals surface area contributed by atoms with Gasteiger partial charge in [-0.05, 0) is 38.8 Å². The number of nitrogens with zero attached hydrogens (tertiary/aromatic N) is 4. The Hall–Kier alpha value is -2.95. The predicted molar refractivity (Wildman–Crippen MR) is 102 cm³/mol. The summed E-state index contributed by atoms with van der Waals surface area (Å²) in [6.07, 6.45) is -3.06. The Labute approximate surface area is 176 Å². The molecule has 168 valence electrons. The molecular formula is C20H23F3N4O4. The molecule has 2 aromatic rings. The number of carbonyl (C=O) groups is 2. The van der Waals surface area contributed by atoms with Gasteiger partial charge in [-0.2, -0.15) is 13.2 Å². The zero-order valence-electron chi connectivity index (χ0n) is 17.1. The van der Waals surface area contributed by atoms with E-state index in [1.165, 1.54) is 0 Å². The summed E-state index contributed by atoms with van der Waals surface area (Å²) in [5.74, 6) is -2.09. The first kappa shape index (κ1) is 22.7. The third-order valence-electron chi connectivity index (χ3n) is 5.35. The van der Waals surface area contributed by atoms with E-state index >= 15 is 0 Å². The summed E-state index contributed by atoms with van der Waals surface area (Å²) >= 11 is 0. The number of alkyl halides is 3. The van der Waals surface area contributed by atoms with Crippen molar-refractivity contribution in [1.82, 2.24) is 19.9 Å². The third-order valence-corrected chi connectivity index (χ3v) is 5.35. The number of rotatable bonds is 3. The Kier molecular flexibility index (Phi) is 6.63. The van der Waals surface area contributed by atoms with Crippen molar-refractivity contribution < 1.29 is 32.4 Å². The van der Waals surface area contributed by atoms with Gasteiger partial charge in [-0.1, -0.05) is 11.2 Å². The largest absolute Gasteiger partial charge is 0.490 e. The summed E-state index contributed by atoms with van der Waals surface area (Å²) in [5, 5.41) is 11.0. The number of aromatic nitrogens is 2. The van der Waals surface area contributed by atoms with Crippen LogP contribution in [0.2, 0.25) is 0 Å². The highest BCUT2D eigenvalue weighted by Gasteiger charge is 2.45. The summed E-state index contributed by atoms with van der Waals surface area (Å²) in [6.45, 7) is 6.48. The van der Waals surface area contributed by atoms with Gasteiger partial charge in [0.15, 0.2) is 5.69 Å². The molecule has 0 radical (unpaired) electrons. The van der Waals surface area contributed by atoms with E-state index in [1.807, 2.05) is 24.8 Å². The minimum absolute atomic E-state index is 0.00474. The number of carboxylic acids is 1. The maximum atomic E-state index is 12.7. The average molecular weight is 440 g/mol. The molecule has 1 N–H and O–H groups in total. The van der Waals surface area contributed by atoms with Crippen LogP contribution in [0.1, 0.15) is 40.5 Å². The molecule has 2 fully saturated rings. The van der Waals surface area contributed by atoms with Gasteiger partial charge in [-0.3, -0.25) is 14.7 Å². The number of fused-ring (bicyclic) bond motifs is 1. The van der Waals surface area contributed by atoms with Crippen LogP contribution in [0.3, 0.4) is 0 Å². The number of carbonyl (C=O) groups excluding carboxylic acids is 1. The first-order valence-electron chi connectivity index (χ1n) is 9.77. The van der Waals surface area contributed by atoms with E-state index in [0.717, 1.165) is 43.9 Å². The Morgan fingerprint density at radius 2 is 1.87 bits per heavy atom. The van der Waals surface area contributed by atoms with E-state index in [1.54, 1.807) is 6.07 Å². The lowest BCUT2D eigenvalue weighted by Crippen LogP contribution is -2.39. The number of likely N-dealkylation sites (tertiary alicyclic amines) is 2. The van der Waals surface area contributed by atoms with Crippen LogP contribution < -0.4 is 0 Å². The summed E-state index contributed by atoms with van der Waals surface area (Å²) in [6, 6.07) is 8.58. The second kappa shape index (κ2) is 9.04. The Bertz CT molecular complexity index is 947. The highest BCUT2D eigenvalue weighted by atomic mass is 19.4. The van der Waals surface area contributed by atoms with Gasteiger partial charge in [-0.25, -0.2) is 4.79 Å². The van der Waals surface area contributed by atoms with Crippen molar-refractivity contribution >= 4 is 11.9 Å². The quantitative estimate of drug-likeness (QED) is 0.783. The molecule has 31 heavy (non-hydrogen) atoms. The molecule has 2 aliphatic heterocycles. The lowest BCUT2D eigenvalue weighted by atomic mass is 10.1. The molecule has 2 atom stereocenters. The molecule has 2 aliphatic rings. The lowest BCUT2D eigenvalue weighted by Gasteiger charge is -2.25. The highest BCUT2D eigenvalue weighted by Crippen LogP contribution is 2.33. The standard InChI is InChI=1S/C18H22N4O2.C2HF3O2/c1-12-4-3-5-14(19-12)11-21-8-6-17-16(21)7-9-22(17)18(23)15-10-13(2)24-20-15;3-2(4,5)1(6)7/h3-5,10,16-17H,6-9,11H2,1-2H3;(H,6,7)/t16-,17+;/m0./s1. The van der Waals surface area contributed by atoms with Gasteiger partial charge in [0, 0.05) is 43.5 Å². The van der Waals surface area contributed by atoms with Gasteiger partial charge in [0.1, 0.15) is 5.76 Å². The van der Waals surface area contributed by atoms with Crippen LogP contribution in [0.5, 0.6) is 0 Å². The fourth-order valence-electron chi connectivity index (χ4n) is 4.03. The van der Waals surface area contributed by atoms with Crippen molar-refractivity contribution in [3.8, 4) is 0 Å². The van der Waals surface area contributed by atoms with Crippen LogP contribution in [0, 0.1) is 13.8 Å². The van der Waals surface area contributed by atoms with Crippen molar-refractivity contribution in [2.45, 2.75) is 51.5 Å². The first-order valence-corrected chi connectivity index (χ1v) is 9.77. The second-order valence-electron chi connectivity index (χ2n) is 7.58. The lowest BCUT2D eigenvalue weighted by molar-refractivity contribution is -0.192. The molecule has 0 aromatic carbocycles. The van der Waals surface area contributed by atoms with E-state index in [2.05, 4.69) is 27.2 Å². The highest BCUT2D eigenvalue weighted by molar-refractivity contribution is 5.92. The number of hydrogen-bond donors (Lipinski definition) is 1. The number of pyridine rings is 1. The number of halogens is 3. The van der Waals surface area contributed by atoms with Gasteiger partial charge in [0.2, 0.25) is 0 Å². The van der Waals surface area contributed by atoms with Crippen LogP contribution in [-0.4, -0.2) is 68.3 Å². The second-order valence-corrected chi connectivity index (χ2v) is 7.58. The maximum absolute atomic E-state index is 12.7. The molecular weight excluding hydrogens is 417 g/mol. The zero-order valence-corrected chi connectivity index (χ0v) is 17.1. The normalized spacial score (nSPS) is 20.9. The SMILES string of the molecule is Cc1cccc(CN2CC[C@@H]3[C@@H]2CCN3C(=O)c2cc(C)on2)n1.O=C(O)C(F)(F)F. The first-order chi connectivity index (χ1) is 14.6. The summed E-state index contributed by atoms with van der Waals surface area (Å²) in [4.78, 5) is 30.6. The molecule has 0 aliphatic carbocycles. The molecule has 0 bridgehead atoms. The van der Waals surface area contributed by atoms with Crippen molar-refractivity contribution in [1.29, 1.82) is 0 Å². The third kappa shape index (κ3) is 5.40. The number of aryl methyl sites for hydroxylation is 2. The van der Waals surface area contributed by atoms with Gasteiger partial charge in [-0.15, -0.1) is 0 Å².